The topological polar surface area (TPSA) is 54.9 Å². The van der Waals surface area contributed by atoms with Gasteiger partial charge in [0.2, 0.25) is 0 Å². The predicted molar refractivity (Wildman–Crippen MR) is 92.0 cm³/mol. The molecule has 1 aromatic heterocycles. The van der Waals surface area contributed by atoms with Gasteiger partial charge in [0.25, 0.3) is 6.43 Å². The van der Waals surface area contributed by atoms with E-state index in [0.29, 0.717) is 28.2 Å². The molecule has 124 valence electrons. The quantitative estimate of drug-likeness (QED) is 0.752. The summed E-state index contributed by atoms with van der Waals surface area (Å²) in [4.78, 5) is 7.85. The molecule has 3 rings (SSSR count). The summed E-state index contributed by atoms with van der Waals surface area (Å²) in [5, 5.41) is 3.73. The lowest BCUT2D eigenvalue weighted by atomic mass is 10.2. The number of rotatable bonds is 5. The molecule has 0 aliphatic rings. The number of hydrogen-bond acceptors (Lipinski definition) is 4. The number of fused-ring (bicyclic) bond motifs is 1. The van der Waals surface area contributed by atoms with E-state index in [9.17, 15) is 13.0 Å². The van der Waals surface area contributed by atoms with Gasteiger partial charge in [-0.2, -0.15) is 0 Å². The molecule has 3 aromatic rings. The summed E-state index contributed by atoms with van der Waals surface area (Å²) in [5.74, 6) is 0.246. The van der Waals surface area contributed by atoms with Crippen LogP contribution in [0, 0.1) is 0 Å². The lowest BCUT2D eigenvalue weighted by molar-refractivity contribution is 0.141. The van der Waals surface area contributed by atoms with Crippen molar-refractivity contribution >= 4 is 33.2 Å². The van der Waals surface area contributed by atoms with E-state index in [2.05, 4.69) is 15.3 Å². The summed E-state index contributed by atoms with van der Waals surface area (Å²) in [5.41, 5.74) is 2.05. The SMILES string of the molecule is CS(=O)Cc1cccc(Nc2nc(C(F)F)nc3ccccc23)c1. The Labute approximate surface area is 140 Å². The molecule has 0 bridgehead atoms. The molecule has 0 aliphatic heterocycles. The number of hydrogen-bond donors (Lipinski definition) is 1. The first-order valence-electron chi connectivity index (χ1n) is 7.24. The minimum absolute atomic E-state index is 0.325. The molecule has 0 amide bonds. The molecule has 0 fully saturated rings. The molecule has 1 unspecified atom stereocenters. The Morgan fingerprint density at radius 3 is 2.67 bits per heavy atom. The van der Waals surface area contributed by atoms with Crippen molar-refractivity contribution in [2.24, 2.45) is 0 Å². The lowest BCUT2D eigenvalue weighted by Crippen LogP contribution is -2.02. The fourth-order valence-electron chi connectivity index (χ4n) is 2.40. The van der Waals surface area contributed by atoms with Gasteiger partial charge in [-0.15, -0.1) is 0 Å². The third kappa shape index (κ3) is 3.73. The summed E-state index contributed by atoms with van der Waals surface area (Å²) in [6.45, 7) is 0. The monoisotopic (exact) mass is 347 g/mol. The van der Waals surface area contributed by atoms with Crippen molar-refractivity contribution < 1.29 is 13.0 Å². The van der Waals surface area contributed by atoms with Crippen LogP contribution in [-0.4, -0.2) is 20.4 Å². The zero-order valence-corrected chi connectivity index (χ0v) is 13.7. The van der Waals surface area contributed by atoms with Gasteiger partial charge in [0.1, 0.15) is 5.82 Å². The summed E-state index contributed by atoms with van der Waals surface area (Å²) in [6, 6.07) is 14.3. The maximum atomic E-state index is 13.0. The van der Waals surface area contributed by atoms with Crippen LogP contribution in [0.15, 0.2) is 48.5 Å². The summed E-state index contributed by atoms with van der Waals surface area (Å²) in [7, 11) is -0.956. The number of benzene rings is 2. The molecule has 1 atom stereocenters. The average Bonchev–Trinajstić information content (AvgIpc) is 2.54. The van der Waals surface area contributed by atoms with Crippen LogP contribution in [0.4, 0.5) is 20.3 Å². The molecule has 1 heterocycles. The molecular weight excluding hydrogens is 332 g/mol. The van der Waals surface area contributed by atoms with Gasteiger partial charge in [-0.3, -0.25) is 4.21 Å². The van der Waals surface area contributed by atoms with E-state index in [4.69, 9.17) is 0 Å². The van der Waals surface area contributed by atoms with Crippen LogP contribution in [0.3, 0.4) is 0 Å². The van der Waals surface area contributed by atoms with Crippen LogP contribution in [0.25, 0.3) is 10.9 Å². The highest BCUT2D eigenvalue weighted by molar-refractivity contribution is 7.83. The first-order valence-corrected chi connectivity index (χ1v) is 8.96. The van der Waals surface area contributed by atoms with Crippen LogP contribution in [-0.2, 0) is 16.6 Å². The molecule has 0 saturated heterocycles. The summed E-state index contributed by atoms with van der Waals surface area (Å²) < 4.78 is 37.4. The molecule has 2 aromatic carbocycles. The molecule has 0 spiro atoms. The Bertz CT molecular complexity index is 902. The summed E-state index contributed by atoms with van der Waals surface area (Å²) in [6.07, 6.45) is -1.11. The highest BCUT2D eigenvalue weighted by Gasteiger charge is 2.15. The van der Waals surface area contributed by atoms with E-state index < -0.39 is 23.0 Å². The molecule has 0 radical (unpaired) electrons. The van der Waals surface area contributed by atoms with E-state index >= 15 is 0 Å². The predicted octanol–water partition coefficient (Wildman–Crippen LogP) is 4.19. The minimum atomic E-state index is -2.75. The van der Waals surface area contributed by atoms with Crippen LogP contribution in [0.5, 0.6) is 0 Å². The smallest absolute Gasteiger partial charge is 0.297 e. The van der Waals surface area contributed by atoms with Crippen molar-refractivity contribution in [3.8, 4) is 0 Å². The molecule has 24 heavy (non-hydrogen) atoms. The van der Waals surface area contributed by atoms with Gasteiger partial charge in [-0.05, 0) is 29.8 Å². The van der Waals surface area contributed by atoms with Gasteiger partial charge >= 0.3 is 0 Å². The van der Waals surface area contributed by atoms with Crippen LogP contribution in [0.2, 0.25) is 0 Å². The van der Waals surface area contributed by atoms with Crippen molar-refractivity contribution in [1.82, 2.24) is 9.97 Å². The Morgan fingerprint density at radius 1 is 1.12 bits per heavy atom. The first kappa shape index (κ1) is 16.4. The van der Waals surface area contributed by atoms with E-state index in [1.165, 1.54) is 0 Å². The zero-order chi connectivity index (χ0) is 17.1. The minimum Gasteiger partial charge on any atom is -0.340 e. The second-order valence-corrected chi connectivity index (χ2v) is 6.73. The third-order valence-corrected chi connectivity index (χ3v) is 4.12. The average molecular weight is 347 g/mol. The normalized spacial score (nSPS) is 12.5. The van der Waals surface area contributed by atoms with Crippen molar-refractivity contribution in [2.75, 3.05) is 11.6 Å². The Balaban J connectivity index is 2.01. The number of halogens is 2. The second kappa shape index (κ2) is 7.00. The number of nitrogens with one attached hydrogen (secondary N) is 1. The van der Waals surface area contributed by atoms with Crippen molar-refractivity contribution in [1.29, 1.82) is 0 Å². The van der Waals surface area contributed by atoms with Crippen molar-refractivity contribution in [3.05, 3.63) is 59.9 Å². The molecule has 1 N–H and O–H groups in total. The van der Waals surface area contributed by atoms with Gasteiger partial charge in [0, 0.05) is 33.9 Å². The zero-order valence-electron chi connectivity index (χ0n) is 12.9. The van der Waals surface area contributed by atoms with Gasteiger partial charge in [-0.25, -0.2) is 18.7 Å². The maximum absolute atomic E-state index is 13.0. The number of para-hydroxylation sites is 1. The molecule has 4 nitrogen and oxygen atoms in total. The van der Waals surface area contributed by atoms with E-state index in [0.717, 1.165) is 5.56 Å². The fraction of sp³-hybridized carbons (Fsp3) is 0.176. The van der Waals surface area contributed by atoms with E-state index in [-0.39, 0.29) is 0 Å². The molecule has 0 aliphatic carbocycles. The number of anilines is 2. The Morgan fingerprint density at radius 2 is 1.92 bits per heavy atom. The Hall–Kier alpha value is -2.41. The molecule has 7 heteroatoms. The van der Waals surface area contributed by atoms with Crippen molar-refractivity contribution in [2.45, 2.75) is 12.2 Å². The maximum Gasteiger partial charge on any atom is 0.297 e. The number of nitrogens with zero attached hydrogens (tertiary/aromatic N) is 2. The fourth-order valence-corrected chi connectivity index (χ4v) is 3.05. The van der Waals surface area contributed by atoms with Crippen molar-refractivity contribution in [3.63, 3.8) is 0 Å². The largest absolute Gasteiger partial charge is 0.340 e. The molecular formula is C17H15F2N3OS. The van der Waals surface area contributed by atoms with E-state index in [1.54, 1.807) is 36.6 Å². The molecule has 0 saturated carbocycles. The van der Waals surface area contributed by atoms with Crippen LogP contribution < -0.4 is 5.32 Å². The highest BCUT2D eigenvalue weighted by atomic mass is 32.2. The van der Waals surface area contributed by atoms with Gasteiger partial charge < -0.3 is 5.32 Å². The van der Waals surface area contributed by atoms with Crippen LogP contribution in [0.1, 0.15) is 17.8 Å². The van der Waals surface area contributed by atoms with Gasteiger partial charge in [0.05, 0.1) is 5.52 Å². The third-order valence-electron chi connectivity index (χ3n) is 3.38. The first-order chi connectivity index (χ1) is 11.5. The van der Waals surface area contributed by atoms with E-state index in [1.807, 2.05) is 18.2 Å². The van der Waals surface area contributed by atoms with Crippen LogP contribution >= 0.6 is 0 Å². The second-order valence-electron chi connectivity index (χ2n) is 5.29. The number of aromatic nitrogens is 2. The number of alkyl halides is 2. The standard InChI is InChI=1S/C17H15F2N3OS/c1-24(23)10-11-5-4-6-12(9-11)20-16-13-7-2-3-8-14(13)21-17(22-16)15(18)19/h2-9,15H,10H2,1H3,(H,20,21,22). The lowest BCUT2D eigenvalue weighted by Gasteiger charge is -2.11. The Kier molecular flexibility index (Phi) is 4.80. The van der Waals surface area contributed by atoms with Gasteiger partial charge in [0.15, 0.2) is 5.82 Å². The summed E-state index contributed by atoms with van der Waals surface area (Å²) >= 11 is 0. The van der Waals surface area contributed by atoms with Gasteiger partial charge in [-0.1, -0.05) is 24.3 Å². The highest BCUT2D eigenvalue weighted by Crippen LogP contribution is 2.27.